The zero-order chi connectivity index (χ0) is 14.7. The van der Waals surface area contributed by atoms with Crippen molar-refractivity contribution in [2.45, 2.75) is 13.0 Å². The van der Waals surface area contributed by atoms with Crippen molar-refractivity contribution in [3.63, 3.8) is 0 Å². The van der Waals surface area contributed by atoms with Gasteiger partial charge in [0.05, 0.1) is 5.56 Å². The van der Waals surface area contributed by atoms with Crippen molar-refractivity contribution in [2.75, 3.05) is 31.1 Å². The molecule has 0 spiro atoms. The molecule has 1 fully saturated rings. The minimum absolute atomic E-state index is 0.440. The smallest absolute Gasteiger partial charge is 0.320 e. The topological polar surface area (TPSA) is 67.6 Å². The van der Waals surface area contributed by atoms with Gasteiger partial charge in [-0.25, -0.2) is 0 Å². The average molecular weight is 338 g/mol. The van der Waals surface area contributed by atoms with Gasteiger partial charge in [-0.15, -0.1) is 0 Å². The molecule has 1 saturated heterocycles. The second-order valence-corrected chi connectivity index (χ2v) is 5.67. The van der Waals surface area contributed by atoms with E-state index in [-0.39, 0.29) is 0 Å². The predicted octanol–water partition coefficient (Wildman–Crippen LogP) is 1.92. The lowest BCUT2D eigenvalue weighted by molar-refractivity contribution is -0.142. The first-order valence-corrected chi connectivity index (χ1v) is 7.23. The fourth-order valence-electron chi connectivity index (χ4n) is 2.31. The van der Waals surface area contributed by atoms with Crippen LogP contribution in [0.1, 0.15) is 12.5 Å². The van der Waals surface area contributed by atoms with Crippen LogP contribution in [0.3, 0.4) is 0 Å². The van der Waals surface area contributed by atoms with Gasteiger partial charge in [0, 0.05) is 36.3 Å². The van der Waals surface area contributed by atoms with E-state index in [2.05, 4.69) is 26.9 Å². The third-order valence-electron chi connectivity index (χ3n) is 3.66. The Morgan fingerprint density at radius 2 is 2.05 bits per heavy atom. The number of hydrogen-bond acceptors (Lipinski definition) is 4. The van der Waals surface area contributed by atoms with Crippen LogP contribution < -0.4 is 4.90 Å². The summed E-state index contributed by atoms with van der Waals surface area (Å²) in [6, 6.07) is 7.35. The minimum atomic E-state index is -0.778. The number of rotatable bonds is 3. The highest BCUT2D eigenvalue weighted by atomic mass is 79.9. The van der Waals surface area contributed by atoms with Crippen LogP contribution in [0.2, 0.25) is 0 Å². The summed E-state index contributed by atoms with van der Waals surface area (Å²) in [7, 11) is 0. The van der Waals surface area contributed by atoms with Crippen LogP contribution >= 0.6 is 15.9 Å². The zero-order valence-electron chi connectivity index (χ0n) is 11.2. The number of piperazine rings is 1. The molecule has 5 nitrogen and oxygen atoms in total. The van der Waals surface area contributed by atoms with Crippen LogP contribution in [0.15, 0.2) is 22.7 Å². The van der Waals surface area contributed by atoms with E-state index in [0.29, 0.717) is 5.56 Å². The van der Waals surface area contributed by atoms with Crippen molar-refractivity contribution in [2.24, 2.45) is 0 Å². The Bertz CT molecular complexity index is 548. The highest BCUT2D eigenvalue weighted by Crippen LogP contribution is 2.24. The van der Waals surface area contributed by atoms with Gasteiger partial charge in [0.25, 0.3) is 0 Å². The number of anilines is 1. The van der Waals surface area contributed by atoms with Crippen LogP contribution in [-0.2, 0) is 4.79 Å². The largest absolute Gasteiger partial charge is 0.480 e. The molecule has 0 amide bonds. The molecule has 1 aliphatic rings. The first-order chi connectivity index (χ1) is 9.52. The van der Waals surface area contributed by atoms with Gasteiger partial charge in [0.2, 0.25) is 0 Å². The maximum Gasteiger partial charge on any atom is 0.320 e. The predicted molar refractivity (Wildman–Crippen MR) is 79.7 cm³/mol. The van der Waals surface area contributed by atoms with Crippen LogP contribution in [0.5, 0.6) is 0 Å². The lowest BCUT2D eigenvalue weighted by Gasteiger charge is -2.37. The maximum atomic E-state index is 11.0. The summed E-state index contributed by atoms with van der Waals surface area (Å²) in [6.45, 7) is 4.75. The molecule has 0 radical (unpaired) electrons. The van der Waals surface area contributed by atoms with E-state index in [1.807, 2.05) is 17.0 Å². The van der Waals surface area contributed by atoms with Crippen LogP contribution in [0.4, 0.5) is 5.69 Å². The van der Waals surface area contributed by atoms with Crippen molar-refractivity contribution in [3.8, 4) is 6.07 Å². The van der Waals surface area contributed by atoms with E-state index < -0.39 is 12.0 Å². The quantitative estimate of drug-likeness (QED) is 0.912. The Hall–Kier alpha value is -1.58. The molecular formula is C14H16BrN3O2. The Morgan fingerprint density at radius 3 is 2.55 bits per heavy atom. The lowest BCUT2D eigenvalue weighted by Crippen LogP contribution is -2.51. The number of nitriles is 1. The van der Waals surface area contributed by atoms with Crippen molar-refractivity contribution >= 4 is 27.6 Å². The van der Waals surface area contributed by atoms with E-state index in [9.17, 15) is 4.79 Å². The highest BCUT2D eigenvalue weighted by Gasteiger charge is 2.25. The molecule has 1 aliphatic heterocycles. The summed E-state index contributed by atoms with van der Waals surface area (Å²) in [4.78, 5) is 15.1. The van der Waals surface area contributed by atoms with Gasteiger partial charge in [0.15, 0.2) is 0 Å². The van der Waals surface area contributed by atoms with Crippen molar-refractivity contribution in [1.82, 2.24) is 4.90 Å². The molecule has 1 aromatic rings. The van der Waals surface area contributed by atoms with Gasteiger partial charge < -0.3 is 10.0 Å². The number of carboxylic acids is 1. The van der Waals surface area contributed by atoms with Gasteiger partial charge in [-0.3, -0.25) is 9.69 Å². The Morgan fingerprint density at radius 1 is 1.40 bits per heavy atom. The van der Waals surface area contributed by atoms with Gasteiger partial charge >= 0.3 is 5.97 Å². The summed E-state index contributed by atoms with van der Waals surface area (Å²) in [5, 5.41) is 17.9. The molecule has 2 rings (SSSR count). The maximum absolute atomic E-state index is 11.0. The number of aliphatic carboxylic acids is 1. The van der Waals surface area contributed by atoms with Crippen LogP contribution in [0.25, 0.3) is 0 Å². The van der Waals surface area contributed by atoms with E-state index in [0.717, 1.165) is 36.3 Å². The van der Waals surface area contributed by atoms with E-state index >= 15 is 0 Å². The molecule has 0 aliphatic carbocycles. The number of benzene rings is 1. The van der Waals surface area contributed by atoms with E-state index in [1.165, 1.54) is 0 Å². The molecule has 0 bridgehead atoms. The van der Waals surface area contributed by atoms with Crippen molar-refractivity contribution in [1.29, 1.82) is 5.26 Å². The molecule has 1 aromatic carbocycles. The second kappa shape index (κ2) is 6.25. The van der Waals surface area contributed by atoms with E-state index in [1.54, 1.807) is 13.0 Å². The average Bonchev–Trinajstić information content (AvgIpc) is 2.46. The molecular weight excluding hydrogens is 322 g/mol. The number of halogens is 1. The number of nitrogens with zero attached hydrogens (tertiary/aromatic N) is 3. The van der Waals surface area contributed by atoms with Crippen molar-refractivity contribution < 1.29 is 9.90 Å². The summed E-state index contributed by atoms with van der Waals surface area (Å²) >= 11 is 3.39. The fraction of sp³-hybridized carbons (Fsp3) is 0.429. The molecule has 106 valence electrons. The minimum Gasteiger partial charge on any atom is -0.480 e. The number of carboxylic acid groups (broad SMARTS) is 1. The zero-order valence-corrected chi connectivity index (χ0v) is 12.8. The highest BCUT2D eigenvalue weighted by molar-refractivity contribution is 9.10. The van der Waals surface area contributed by atoms with Crippen LogP contribution in [-0.4, -0.2) is 48.2 Å². The van der Waals surface area contributed by atoms with E-state index in [4.69, 9.17) is 10.4 Å². The summed E-state index contributed by atoms with van der Waals surface area (Å²) in [6.07, 6.45) is 0. The molecule has 0 saturated carbocycles. The summed E-state index contributed by atoms with van der Waals surface area (Å²) < 4.78 is 0.791. The number of carbonyl (C=O) groups is 1. The Balaban J connectivity index is 2.02. The monoisotopic (exact) mass is 337 g/mol. The first-order valence-electron chi connectivity index (χ1n) is 6.44. The first kappa shape index (κ1) is 14.8. The van der Waals surface area contributed by atoms with Crippen LogP contribution in [0, 0.1) is 11.3 Å². The lowest BCUT2D eigenvalue weighted by atomic mass is 10.1. The summed E-state index contributed by atoms with van der Waals surface area (Å²) in [5.41, 5.74) is 1.67. The molecule has 20 heavy (non-hydrogen) atoms. The normalized spacial score (nSPS) is 17.6. The molecule has 1 N–H and O–H groups in total. The molecule has 1 atom stereocenters. The standard InChI is InChI=1S/C14H16BrN3O2/c1-10(14(19)20)17-4-6-18(7-5-17)12-3-2-11(9-16)13(15)8-12/h2-3,8,10H,4-7H2,1H3,(H,19,20). The summed E-state index contributed by atoms with van der Waals surface area (Å²) in [5.74, 6) is -0.778. The van der Waals surface area contributed by atoms with Gasteiger partial charge in [-0.05, 0) is 41.1 Å². The molecule has 6 heteroatoms. The third-order valence-corrected chi connectivity index (χ3v) is 4.31. The number of hydrogen-bond donors (Lipinski definition) is 1. The van der Waals surface area contributed by atoms with Gasteiger partial charge in [0.1, 0.15) is 12.1 Å². The Labute approximate surface area is 126 Å². The molecule has 0 aromatic heterocycles. The van der Waals surface area contributed by atoms with Crippen molar-refractivity contribution in [3.05, 3.63) is 28.2 Å². The Kier molecular flexibility index (Phi) is 4.63. The molecule has 1 unspecified atom stereocenters. The van der Waals surface area contributed by atoms with Gasteiger partial charge in [-0.2, -0.15) is 5.26 Å². The van der Waals surface area contributed by atoms with Gasteiger partial charge in [-0.1, -0.05) is 0 Å². The second-order valence-electron chi connectivity index (χ2n) is 4.81. The third kappa shape index (κ3) is 3.11. The SMILES string of the molecule is CC(C(=O)O)N1CCN(c2ccc(C#N)c(Br)c2)CC1. The fourth-order valence-corrected chi connectivity index (χ4v) is 2.77. The molecule has 1 heterocycles.